The fraction of sp³-hybridized carbons (Fsp3) is 0.471. The number of aryl methyl sites for hydroxylation is 1. The number of nitrogens with two attached hydrogens (primary N) is 1. The monoisotopic (exact) mass is 286 g/mol. The standard InChI is InChI=1S/C17H22N2O2/c1-13-6-7-14(5-3-10-18)11-15(13)19-16(20)12-17(21-2)8-4-9-17/h6-7,11H,4,8-10,12,18H2,1-2H3,(H,19,20). The van der Waals surface area contributed by atoms with Gasteiger partial charge in [-0.3, -0.25) is 4.79 Å². The molecule has 0 unspecified atom stereocenters. The molecule has 0 heterocycles. The van der Waals surface area contributed by atoms with E-state index in [0.717, 1.165) is 36.1 Å². The molecule has 0 aromatic heterocycles. The Balaban J connectivity index is 2.06. The number of hydrogen-bond acceptors (Lipinski definition) is 3. The summed E-state index contributed by atoms with van der Waals surface area (Å²) in [5, 5.41) is 2.97. The van der Waals surface area contributed by atoms with Crippen LogP contribution in [0.5, 0.6) is 0 Å². The normalized spacial score (nSPS) is 15.6. The molecule has 1 fully saturated rings. The van der Waals surface area contributed by atoms with Crippen LogP contribution >= 0.6 is 0 Å². The van der Waals surface area contributed by atoms with Crippen molar-refractivity contribution in [3.05, 3.63) is 29.3 Å². The lowest BCUT2D eigenvalue weighted by Crippen LogP contribution is -2.42. The summed E-state index contributed by atoms with van der Waals surface area (Å²) in [6.45, 7) is 2.29. The maximum absolute atomic E-state index is 12.2. The van der Waals surface area contributed by atoms with Gasteiger partial charge in [-0.2, -0.15) is 0 Å². The Kier molecular flexibility index (Phi) is 5.00. The zero-order chi connectivity index (χ0) is 15.3. The molecule has 112 valence electrons. The van der Waals surface area contributed by atoms with Gasteiger partial charge in [-0.25, -0.2) is 0 Å². The third kappa shape index (κ3) is 3.84. The number of carbonyl (C=O) groups is 1. The first-order valence-electron chi connectivity index (χ1n) is 7.23. The zero-order valence-corrected chi connectivity index (χ0v) is 12.7. The highest BCUT2D eigenvalue weighted by Crippen LogP contribution is 2.38. The molecule has 1 saturated carbocycles. The minimum atomic E-state index is -0.255. The number of ether oxygens (including phenoxy) is 1. The van der Waals surface area contributed by atoms with Crippen molar-refractivity contribution in [3.8, 4) is 11.8 Å². The van der Waals surface area contributed by atoms with E-state index in [0.29, 0.717) is 13.0 Å². The lowest BCUT2D eigenvalue weighted by atomic mass is 9.77. The molecule has 0 radical (unpaired) electrons. The van der Waals surface area contributed by atoms with Crippen LogP contribution in [0.25, 0.3) is 0 Å². The van der Waals surface area contributed by atoms with E-state index in [1.165, 1.54) is 0 Å². The summed E-state index contributed by atoms with van der Waals surface area (Å²) in [5.74, 6) is 5.78. The predicted molar refractivity (Wildman–Crippen MR) is 83.9 cm³/mol. The van der Waals surface area contributed by atoms with E-state index in [9.17, 15) is 4.79 Å². The Morgan fingerprint density at radius 3 is 2.81 bits per heavy atom. The molecule has 1 aromatic rings. The number of benzene rings is 1. The molecule has 4 nitrogen and oxygen atoms in total. The minimum absolute atomic E-state index is 0.0106. The van der Waals surface area contributed by atoms with Gasteiger partial charge in [0.2, 0.25) is 5.91 Å². The lowest BCUT2D eigenvalue weighted by molar-refractivity contribution is -0.129. The molecule has 0 atom stereocenters. The van der Waals surface area contributed by atoms with Gasteiger partial charge in [-0.15, -0.1) is 0 Å². The summed E-state index contributed by atoms with van der Waals surface area (Å²) < 4.78 is 5.49. The Morgan fingerprint density at radius 1 is 1.48 bits per heavy atom. The summed E-state index contributed by atoms with van der Waals surface area (Å²) in [6, 6.07) is 5.76. The van der Waals surface area contributed by atoms with Crippen LogP contribution in [-0.2, 0) is 9.53 Å². The van der Waals surface area contributed by atoms with Crippen molar-refractivity contribution in [2.24, 2.45) is 5.73 Å². The van der Waals surface area contributed by atoms with Crippen LogP contribution in [0, 0.1) is 18.8 Å². The number of anilines is 1. The van der Waals surface area contributed by atoms with E-state index >= 15 is 0 Å². The summed E-state index contributed by atoms with van der Waals surface area (Å²) in [7, 11) is 1.68. The first kappa shape index (κ1) is 15.6. The predicted octanol–water partition coefficient (Wildman–Crippen LogP) is 2.20. The van der Waals surface area contributed by atoms with Gasteiger partial charge >= 0.3 is 0 Å². The summed E-state index contributed by atoms with van der Waals surface area (Å²) in [5.41, 5.74) is 7.79. The van der Waals surface area contributed by atoms with Crippen molar-refractivity contribution in [2.45, 2.75) is 38.2 Å². The van der Waals surface area contributed by atoms with Gasteiger partial charge in [-0.1, -0.05) is 17.9 Å². The van der Waals surface area contributed by atoms with Crippen molar-refractivity contribution < 1.29 is 9.53 Å². The third-order valence-electron chi connectivity index (χ3n) is 4.03. The molecule has 0 spiro atoms. The third-order valence-corrected chi connectivity index (χ3v) is 4.03. The number of amides is 1. The molecule has 21 heavy (non-hydrogen) atoms. The molecule has 1 aliphatic carbocycles. The van der Waals surface area contributed by atoms with Gasteiger partial charge in [0.25, 0.3) is 0 Å². The van der Waals surface area contributed by atoms with Gasteiger partial charge in [0.1, 0.15) is 0 Å². The fourth-order valence-corrected chi connectivity index (χ4v) is 2.50. The second kappa shape index (κ2) is 6.75. The Bertz CT molecular complexity index is 575. The number of methoxy groups -OCH3 is 1. The number of rotatable bonds is 4. The molecule has 1 amide bonds. The summed E-state index contributed by atoms with van der Waals surface area (Å²) >= 11 is 0. The van der Waals surface area contributed by atoms with Crippen molar-refractivity contribution in [1.82, 2.24) is 0 Å². The summed E-state index contributed by atoms with van der Waals surface area (Å²) in [6.07, 6.45) is 3.45. The lowest BCUT2D eigenvalue weighted by Gasteiger charge is -2.39. The highest BCUT2D eigenvalue weighted by molar-refractivity contribution is 5.92. The van der Waals surface area contributed by atoms with Crippen LogP contribution in [-0.4, -0.2) is 25.2 Å². The first-order chi connectivity index (χ1) is 10.1. The largest absolute Gasteiger partial charge is 0.378 e. The van der Waals surface area contributed by atoms with E-state index in [1.807, 2.05) is 25.1 Å². The van der Waals surface area contributed by atoms with E-state index in [1.54, 1.807) is 7.11 Å². The second-order valence-electron chi connectivity index (χ2n) is 5.50. The van der Waals surface area contributed by atoms with E-state index < -0.39 is 0 Å². The van der Waals surface area contributed by atoms with Crippen LogP contribution < -0.4 is 11.1 Å². The fourth-order valence-electron chi connectivity index (χ4n) is 2.50. The highest BCUT2D eigenvalue weighted by Gasteiger charge is 2.39. The SMILES string of the molecule is COC1(CC(=O)Nc2cc(C#CCN)ccc2C)CCC1. The topological polar surface area (TPSA) is 64.3 Å². The molecule has 0 aliphatic heterocycles. The molecule has 1 aliphatic rings. The average Bonchev–Trinajstić information content (AvgIpc) is 2.43. The molecule has 0 bridgehead atoms. The molecule has 1 aromatic carbocycles. The molecule has 0 saturated heterocycles. The molecular formula is C17H22N2O2. The first-order valence-corrected chi connectivity index (χ1v) is 7.23. The average molecular weight is 286 g/mol. The zero-order valence-electron chi connectivity index (χ0n) is 12.7. The van der Waals surface area contributed by atoms with Crippen molar-refractivity contribution in [2.75, 3.05) is 19.0 Å². The van der Waals surface area contributed by atoms with Gasteiger partial charge in [-0.05, 0) is 43.9 Å². The Morgan fingerprint density at radius 2 is 2.24 bits per heavy atom. The smallest absolute Gasteiger partial charge is 0.227 e. The second-order valence-corrected chi connectivity index (χ2v) is 5.50. The van der Waals surface area contributed by atoms with Gasteiger partial charge < -0.3 is 15.8 Å². The van der Waals surface area contributed by atoms with E-state index in [2.05, 4.69) is 17.2 Å². The van der Waals surface area contributed by atoms with Crippen LogP contribution in [0.1, 0.15) is 36.8 Å². The number of carbonyl (C=O) groups excluding carboxylic acids is 1. The van der Waals surface area contributed by atoms with Crippen LogP contribution in [0.3, 0.4) is 0 Å². The van der Waals surface area contributed by atoms with Crippen molar-refractivity contribution >= 4 is 11.6 Å². The van der Waals surface area contributed by atoms with E-state index in [-0.39, 0.29) is 11.5 Å². The minimum Gasteiger partial charge on any atom is -0.378 e. The molecular weight excluding hydrogens is 264 g/mol. The summed E-state index contributed by atoms with van der Waals surface area (Å²) in [4.78, 5) is 12.2. The van der Waals surface area contributed by atoms with Gasteiger partial charge in [0.15, 0.2) is 0 Å². The molecule has 3 N–H and O–H groups in total. The van der Waals surface area contributed by atoms with Crippen LogP contribution in [0.15, 0.2) is 18.2 Å². The quantitative estimate of drug-likeness (QED) is 0.834. The van der Waals surface area contributed by atoms with E-state index in [4.69, 9.17) is 10.5 Å². The van der Waals surface area contributed by atoms with Gasteiger partial charge in [0.05, 0.1) is 18.6 Å². The number of hydrogen-bond donors (Lipinski definition) is 2. The van der Waals surface area contributed by atoms with Crippen molar-refractivity contribution in [1.29, 1.82) is 0 Å². The number of nitrogens with one attached hydrogen (secondary N) is 1. The van der Waals surface area contributed by atoms with Crippen molar-refractivity contribution in [3.63, 3.8) is 0 Å². The Hall–Kier alpha value is -1.83. The molecule has 2 rings (SSSR count). The maximum atomic E-state index is 12.2. The molecule has 4 heteroatoms. The Labute approximate surface area is 126 Å². The van der Waals surface area contributed by atoms with Crippen LogP contribution in [0.4, 0.5) is 5.69 Å². The van der Waals surface area contributed by atoms with Gasteiger partial charge in [0, 0.05) is 18.4 Å². The van der Waals surface area contributed by atoms with Crippen LogP contribution in [0.2, 0.25) is 0 Å². The highest BCUT2D eigenvalue weighted by atomic mass is 16.5. The maximum Gasteiger partial charge on any atom is 0.227 e.